The van der Waals surface area contributed by atoms with Gasteiger partial charge in [0, 0.05) is 17.7 Å². The van der Waals surface area contributed by atoms with Gasteiger partial charge >= 0.3 is 0 Å². The van der Waals surface area contributed by atoms with E-state index < -0.39 is 0 Å². The molecule has 2 aromatic carbocycles. The number of hydrogen-bond acceptors (Lipinski definition) is 3. The molecule has 0 aliphatic rings. The van der Waals surface area contributed by atoms with Crippen molar-refractivity contribution in [3.8, 4) is 5.75 Å². The molecule has 112 valence electrons. The van der Waals surface area contributed by atoms with Crippen LogP contribution in [0.2, 0.25) is 5.02 Å². The Morgan fingerprint density at radius 3 is 2.43 bits per heavy atom. The Labute approximate surface area is 130 Å². The molecule has 0 fully saturated rings. The van der Waals surface area contributed by atoms with Gasteiger partial charge in [-0.25, -0.2) is 0 Å². The summed E-state index contributed by atoms with van der Waals surface area (Å²) in [7, 11) is 3.60. The van der Waals surface area contributed by atoms with Crippen molar-refractivity contribution in [3.63, 3.8) is 0 Å². The first-order chi connectivity index (χ1) is 10.3. The number of halogens is 1. The lowest BCUT2D eigenvalue weighted by Crippen LogP contribution is -2.19. The Morgan fingerprint density at radius 2 is 1.76 bits per heavy atom. The van der Waals surface area contributed by atoms with E-state index >= 15 is 0 Å². The van der Waals surface area contributed by atoms with Crippen LogP contribution in [-0.4, -0.2) is 27.4 Å². The van der Waals surface area contributed by atoms with Gasteiger partial charge < -0.3 is 14.8 Å². The van der Waals surface area contributed by atoms with Crippen LogP contribution < -0.4 is 10.1 Å². The zero-order chi connectivity index (χ0) is 15.1. The maximum absolute atomic E-state index is 5.96. The molecule has 21 heavy (non-hydrogen) atoms. The van der Waals surface area contributed by atoms with Crippen molar-refractivity contribution in [2.75, 3.05) is 27.4 Å². The molecule has 1 atom stereocenters. The lowest BCUT2D eigenvalue weighted by atomic mass is 9.98. The van der Waals surface area contributed by atoms with Crippen molar-refractivity contribution in [1.82, 2.24) is 5.32 Å². The summed E-state index contributed by atoms with van der Waals surface area (Å²) in [5, 5.41) is 4.07. The maximum atomic E-state index is 5.96. The van der Waals surface area contributed by atoms with Gasteiger partial charge in [0.25, 0.3) is 0 Å². The van der Waals surface area contributed by atoms with Crippen molar-refractivity contribution in [1.29, 1.82) is 0 Å². The first-order valence-electron chi connectivity index (χ1n) is 6.89. The van der Waals surface area contributed by atoms with Crippen LogP contribution in [0.25, 0.3) is 0 Å². The molecule has 1 unspecified atom stereocenters. The summed E-state index contributed by atoms with van der Waals surface area (Å²) in [5.74, 6) is 0.865. The van der Waals surface area contributed by atoms with Gasteiger partial charge in [-0.1, -0.05) is 41.9 Å². The molecule has 0 saturated carbocycles. The van der Waals surface area contributed by atoms with E-state index in [4.69, 9.17) is 21.1 Å². The van der Waals surface area contributed by atoms with Crippen molar-refractivity contribution in [2.45, 2.75) is 6.04 Å². The van der Waals surface area contributed by atoms with Crippen molar-refractivity contribution in [2.24, 2.45) is 0 Å². The van der Waals surface area contributed by atoms with E-state index in [0.717, 1.165) is 21.9 Å². The highest BCUT2D eigenvalue weighted by molar-refractivity contribution is 6.30. The topological polar surface area (TPSA) is 30.5 Å². The fourth-order valence-corrected chi connectivity index (χ4v) is 2.37. The second-order valence-electron chi connectivity index (χ2n) is 4.65. The summed E-state index contributed by atoms with van der Waals surface area (Å²) in [6.45, 7) is 1.10. The predicted molar refractivity (Wildman–Crippen MR) is 86.2 cm³/mol. The van der Waals surface area contributed by atoms with Crippen molar-refractivity contribution >= 4 is 11.6 Å². The van der Waals surface area contributed by atoms with E-state index in [9.17, 15) is 0 Å². The summed E-state index contributed by atoms with van der Waals surface area (Å²) < 4.78 is 10.8. The van der Waals surface area contributed by atoms with E-state index in [2.05, 4.69) is 11.4 Å². The fraction of sp³-hybridized carbons (Fsp3) is 0.294. The average Bonchev–Trinajstić information content (AvgIpc) is 2.51. The highest BCUT2D eigenvalue weighted by Gasteiger charge is 2.16. The van der Waals surface area contributed by atoms with E-state index in [-0.39, 0.29) is 6.04 Å². The number of methoxy groups -OCH3 is 1. The van der Waals surface area contributed by atoms with Gasteiger partial charge in [-0.2, -0.15) is 0 Å². The van der Waals surface area contributed by atoms with E-state index in [1.54, 1.807) is 7.11 Å². The summed E-state index contributed by atoms with van der Waals surface area (Å²) in [5.41, 5.74) is 2.24. The standard InChI is InChI=1S/C17H20ClNO2/c1-19-17(13-7-9-14(18)10-8-13)15-5-3-4-6-16(15)21-12-11-20-2/h3-10,17,19H,11-12H2,1-2H3. The van der Waals surface area contributed by atoms with Crippen LogP contribution in [0.15, 0.2) is 48.5 Å². The minimum absolute atomic E-state index is 0.0565. The third-order valence-corrected chi connectivity index (χ3v) is 3.52. The quantitative estimate of drug-likeness (QED) is 0.792. The Morgan fingerprint density at radius 1 is 1.05 bits per heavy atom. The van der Waals surface area contributed by atoms with Gasteiger partial charge in [-0.05, 0) is 30.8 Å². The summed E-state index contributed by atoms with van der Waals surface area (Å²) >= 11 is 5.96. The molecule has 2 aromatic rings. The Hall–Kier alpha value is -1.55. The number of rotatable bonds is 7. The molecule has 0 aliphatic carbocycles. The van der Waals surface area contributed by atoms with E-state index in [0.29, 0.717) is 13.2 Å². The minimum Gasteiger partial charge on any atom is -0.491 e. The van der Waals surface area contributed by atoms with E-state index in [1.807, 2.05) is 49.5 Å². The largest absolute Gasteiger partial charge is 0.491 e. The third-order valence-electron chi connectivity index (χ3n) is 3.27. The highest BCUT2D eigenvalue weighted by Crippen LogP contribution is 2.30. The van der Waals surface area contributed by atoms with Gasteiger partial charge in [0.15, 0.2) is 0 Å². The Bertz CT molecular complexity index is 557. The number of hydrogen-bond donors (Lipinski definition) is 1. The van der Waals surface area contributed by atoms with Crippen molar-refractivity contribution in [3.05, 3.63) is 64.7 Å². The smallest absolute Gasteiger partial charge is 0.124 e. The first kappa shape index (κ1) is 15.8. The zero-order valence-corrected chi connectivity index (χ0v) is 13.1. The van der Waals surface area contributed by atoms with Crippen LogP contribution in [0, 0.1) is 0 Å². The van der Waals surface area contributed by atoms with E-state index in [1.165, 1.54) is 0 Å². The molecule has 0 spiro atoms. The van der Waals surface area contributed by atoms with Crippen LogP contribution in [0.4, 0.5) is 0 Å². The number of benzene rings is 2. The molecule has 3 nitrogen and oxygen atoms in total. The molecule has 0 amide bonds. The Balaban J connectivity index is 2.27. The molecule has 4 heteroatoms. The molecular formula is C17H20ClNO2. The first-order valence-corrected chi connectivity index (χ1v) is 7.27. The van der Waals surface area contributed by atoms with Crippen molar-refractivity contribution < 1.29 is 9.47 Å². The lowest BCUT2D eigenvalue weighted by molar-refractivity contribution is 0.145. The average molecular weight is 306 g/mol. The fourth-order valence-electron chi connectivity index (χ4n) is 2.24. The van der Waals surface area contributed by atoms with Gasteiger partial charge in [0.05, 0.1) is 12.6 Å². The zero-order valence-electron chi connectivity index (χ0n) is 12.3. The molecular weight excluding hydrogens is 286 g/mol. The predicted octanol–water partition coefficient (Wildman–Crippen LogP) is 3.67. The molecule has 0 saturated heterocycles. The summed E-state index contributed by atoms with van der Waals surface area (Å²) in [6.07, 6.45) is 0. The van der Waals surface area contributed by atoms with Gasteiger partial charge in [-0.15, -0.1) is 0 Å². The molecule has 0 aromatic heterocycles. The van der Waals surface area contributed by atoms with Crippen LogP contribution in [0.1, 0.15) is 17.2 Å². The third kappa shape index (κ3) is 4.21. The molecule has 1 N–H and O–H groups in total. The SMILES string of the molecule is CNC(c1ccc(Cl)cc1)c1ccccc1OCCOC. The normalized spacial score (nSPS) is 12.1. The van der Waals surface area contributed by atoms with Crippen LogP contribution in [-0.2, 0) is 4.74 Å². The van der Waals surface area contributed by atoms with Gasteiger partial charge in [0.2, 0.25) is 0 Å². The van der Waals surface area contributed by atoms with Gasteiger partial charge in [0.1, 0.15) is 12.4 Å². The molecule has 0 heterocycles. The highest BCUT2D eigenvalue weighted by atomic mass is 35.5. The maximum Gasteiger partial charge on any atom is 0.124 e. The molecule has 0 aliphatic heterocycles. The second kappa shape index (κ2) is 8.03. The number of nitrogens with one attached hydrogen (secondary N) is 1. The second-order valence-corrected chi connectivity index (χ2v) is 5.09. The Kier molecular flexibility index (Phi) is 6.05. The van der Waals surface area contributed by atoms with Crippen LogP contribution in [0.3, 0.4) is 0 Å². The minimum atomic E-state index is 0.0565. The summed E-state index contributed by atoms with van der Waals surface area (Å²) in [4.78, 5) is 0. The number of ether oxygens (including phenoxy) is 2. The van der Waals surface area contributed by atoms with Crippen LogP contribution in [0.5, 0.6) is 5.75 Å². The lowest BCUT2D eigenvalue weighted by Gasteiger charge is -2.20. The molecule has 0 radical (unpaired) electrons. The monoisotopic (exact) mass is 305 g/mol. The van der Waals surface area contributed by atoms with Crippen LogP contribution >= 0.6 is 11.6 Å². The molecule has 0 bridgehead atoms. The van der Waals surface area contributed by atoms with Gasteiger partial charge in [-0.3, -0.25) is 0 Å². The summed E-state index contributed by atoms with van der Waals surface area (Å²) in [6, 6.07) is 15.9. The number of para-hydroxylation sites is 1. The molecule has 2 rings (SSSR count).